The number of nitrogens with one attached hydrogen (secondary N) is 1. The lowest BCUT2D eigenvalue weighted by atomic mass is 9.86. The number of amides is 1. The molecule has 3 aliphatic heterocycles. The number of hydrogen-bond donors (Lipinski definition) is 1. The summed E-state index contributed by atoms with van der Waals surface area (Å²) in [6.07, 6.45) is 1.98. The largest absolute Gasteiger partial charge is 0.445 e. The van der Waals surface area contributed by atoms with Gasteiger partial charge in [0.2, 0.25) is 0 Å². The average molecular weight is 336 g/mol. The molecule has 2 aromatic rings. The number of hydrogen-bond acceptors (Lipinski definition) is 3. The minimum Gasteiger partial charge on any atom is -0.445 e. The summed E-state index contributed by atoms with van der Waals surface area (Å²) >= 11 is 0. The molecule has 3 saturated heterocycles. The van der Waals surface area contributed by atoms with Crippen molar-refractivity contribution in [2.24, 2.45) is 5.92 Å². The van der Waals surface area contributed by atoms with E-state index >= 15 is 0 Å². The Balaban J connectivity index is 1.48. The topological polar surface area (TPSA) is 41.6 Å². The predicted octanol–water partition coefficient (Wildman–Crippen LogP) is 3.60. The molecular formula is C21H24N2O2. The molecule has 1 amide bonds. The molecule has 0 radical (unpaired) electrons. The van der Waals surface area contributed by atoms with Crippen molar-refractivity contribution in [2.45, 2.75) is 25.0 Å². The highest BCUT2D eigenvalue weighted by Crippen LogP contribution is 2.30. The van der Waals surface area contributed by atoms with E-state index in [0.29, 0.717) is 5.92 Å². The second-order valence-corrected chi connectivity index (χ2v) is 6.98. The number of piperidine rings is 3. The molecule has 3 heterocycles. The van der Waals surface area contributed by atoms with E-state index in [-0.39, 0.29) is 18.2 Å². The molecule has 0 saturated carbocycles. The average Bonchev–Trinajstić information content (AvgIpc) is 2.68. The summed E-state index contributed by atoms with van der Waals surface area (Å²) in [5.74, 6) is 0.516. The highest BCUT2D eigenvalue weighted by molar-refractivity contribution is 5.69. The van der Waals surface area contributed by atoms with Gasteiger partial charge in [0.25, 0.3) is 0 Å². The fourth-order valence-electron chi connectivity index (χ4n) is 3.98. The number of fused-ring (bicyclic) bond motifs is 3. The van der Waals surface area contributed by atoms with Crippen LogP contribution in [0.5, 0.6) is 0 Å². The van der Waals surface area contributed by atoms with Crippen LogP contribution in [-0.4, -0.2) is 36.7 Å². The Labute approximate surface area is 148 Å². The van der Waals surface area contributed by atoms with Crippen molar-refractivity contribution in [1.29, 1.82) is 0 Å². The van der Waals surface area contributed by atoms with Crippen LogP contribution in [0.15, 0.2) is 60.7 Å². The van der Waals surface area contributed by atoms with Crippen molar-refractivity contribution in [3.63, 3.8) is 0 Å². The smallest absolute Gasteiger partial charge is 0.408 e. The van der Waals surface area contributed by atoms with Crippen molar-refractivity contribution in [1.82, 2.24) is 10.2 Å². The van der Waals surface area contributed by atoms with Gasteiger partial charge < -0.3 is 10.1 Å². The maximum absolute atomic E-state index is 12.6. The first kappa shape index (κ1) is 16.2. The van der Waals surface area contributed by atoms with Gasteiger partial charge in [-0.1, -0.05) is 60.7 Å². The van der Waals surface area contributed by atoms with E-state index in [1.807, 2.05) is 60.7 Å². The van der Waals surface area contributed by atoms with E-state index in [2.05, 4.69) is 10.2 Å². The first-order valence-corrected chi connectivity index (χ1v) is 9.09. The number of carbonyl (C=O) groups is 1. The molecule has 3 fully saturated rings. The maximum Gasteiger partial charge on any atom is 0.408 e. The summed E-state index contributed by atoms with van der Waals surface area (Å²) in [5, 5.41) is 3.08. The normalized spacial score (nSPS) is 24.9. The van der Waals surface area contributed by atoms with E-state index in [1.165, 1.54) is 0 Å². The first-order valence-electron chi connectivity index (χ1n) is 9.09. The van der Waals surface area contributed by atoms with Crippen LogP contribution in [0.1, 0.15) is 30.0 Å². The first-order chi connectivity index (χ1) is 12.3. The summed E-state index contributed by atoms with van der Waals surface area (Å²) in [7, 11) is 0. The Hall–Kier alpha value is -2.33. The molecule has 25 heavy (non-hydrogen) atoms. The quantitative estimate of drug-likeness (QED) is 0.927. The van der Waals surface area contributed by atoms with E-state index in [1.54, 1.807) is 0 Å². The minimum atomic E-state index is -0.323. The molecular weight excluding hydrogens is 312 g/mol. The van der Waals surface area contributed by atoms with Gasteiger partial charge in [-0.25, -0.2) is 4.79 Å². The molecule has 5 rings (SSSR count). The molecule has 2 aromatic carbocycles. The predicted molar refractivity (Wildman–Crippen MR) is 97.3 cm³/mol. The molecule has 2 bridgehead atoms. The van der Waals surface area contributed by atoms with Gasteiger partial charge >= 0.3 is 6.09 Å². The SMILES string of the molecule is O=C(NC(c1ccccc1)c1ccccc1)O[C@H]1CN2CCC1CC2. The minimum absolute atomic E-state index is 0.0229. The Morgan fingerprint density at radius 1 is 0.960 bits per heavy atom. The lowest BCUT2D eigenvalue weighted by Crippen LogP contribution is -2.52. The van der Waals surface area contributed by atoms with Crippen molar-refractivity contribution < 1.29 is 9.53 Å². The number of ether oxygens (including phenoxy) is 1. The zero-order valence-electron chi connectivity index (χ0n) is 14.3. The third-order valence-corrected chi connectivity index (χ3v) is 5.38. The summed E-state index contributed by atoms with van der Waals surface area (Å²) in [6, 6.07) is 19.9. The van der Waals surface area contributed by atoms with Gasteiger partial charge in [0, 0.05) is 6.54 Å². The van der Waals surface area contributed by atoms with Gasteiger partial charge in [-0.15, -0.1) is 0 Å². The number of carbonyl (C=O) groups excluding carboxylic acids is 1. The maximum atomic E-state index is 12.6. The third kappa shape index (κ3) is 3.69. The highest BCUT2D eigenvalue weighted by atomic mass is 16.6. The molecule has 0 aliphatic carbocycles. The van der Waals surface area contributed by atoms with Crippen LogP contribution in [-0.2, 0) is 4.74 Å². The van der Waals surface area contributed by atoms with E-state index in [4.69, 9.17) is 4.74 Å². The third-order valence-electron chi connectivity index (χ3n) is 5.38. The monoisotopic (exact) mass is 336 g/mol. The van der Waals surface area contributed by atoms with Gasteiger partial charge in [0.1, 0.15) is 6.10 Å². The van der Waals surface area contributed by atoms with E-state index in [0.717, 1.165) is 43.6 Å². The number of nitrogens with zero attached hydrogens (tertiary/aromatic N) is 1. The van der Waals surface area contributed by atoms with Crippen molar-refractivity contribution in [3.05, 3.63) is 71.8 Å². The molecule has 0 aromatic heterocycles. The van der Waals surface area contributed by atoms with Crippen LogP contribution in [0.3, 0.4) is 0 Å². The lowest BCUT2D eigenvalue weighted by Gasteiger charge is -2.43. The molecule has 0 spiro atoms. The van der Waals surface area contributed by atoms with Crippen molar-refractivity contribution in [2.75, 3.05) is 19.6 Å². The molecule has 0 unspecified atom stereocenters. The van der Waals surface area contributed by atoms with Crippen LogP contribution in [0.4, 0.5) is 4.79 Å². The van der Waals surface area contributed by atoms with Crippen LogP contribution in [0.25, 0.3) is 0 Å². The number of rotatable bonds is 4. The molecule has 4 heteroatoms. The summed E-state index contributed by atoms with van der Waals surface area (Å²) in [4.78, 5) is 15.0. The zero-order valence-corrected chi connectivity index (χ0v) is 14.3. The Bertz CT molecular complexity index is 657. The van der Waals surface area contributed by atoms with Crippen LogP contribution in [0, 0.1) is 5.92 Å². The zero-order chi connectivity index (χ0) is 17.1. The van der Waals surface area contributed by atoms with Gasteiger partial charge in [0.15, 0.2) is 0 Å². The molecule has 1 atom stereocenters. The summed E-state index contributed by atoms with van der Waals surface area (Å²) in [6.45, 7) is 3.16. The Morgan fingerprint density at radius 2 is 1.52 bits per heavy atom. The Kier molecular flexibility index (Phi) is 4.70. The van der Waals surface area contributed by atoms with E-state index < -0.39 is 0 Å². The van der Waals surface area contributed by atoms with Gasteiger partial charge in [-0.2, -0.15) is 0 Å². The standard InChI is InChI=1S/C21H24N2O2/c24-21(25-19-15-23-13-11-16(19)12-14-23)22-20(17-7-3-1-4-8-17)18-9-5-2-6-10-18/h1-10,16,19-20H,11-15H2,(H,22,24)/t19-/m0/s1. The molecule has 4 nitrogen and oxygen atoms in total. The Morgan fingerprint density at radius 3 is 2.00 bits per heavy atom. The molecule has 1 N–H and O–H groups in total. The van der Waals surface area contributed by atoms with E-state index in [9.17, 15) is 4.79 Å². The summed E-state index contributed by atoms with van der Waals surface area (Å²) in [5.41, 5.74) is 2.11. The second kappa shape index (κ2) is 7.28. The van der Waals surface area contributed by atoms with Crippen molar-refractivity contribution in [3.8, 4) is 0 Å². The lowest BCUT2D eigenvalue weighted by molar-refractivity contribution is -0.0336. The van der Waals surface area contributed by atoms with Gasteiger partial charge in [-0.3, -0.25) is 4.90 Å². The highest BCUT2D eigenvalue weighted by Gasteiger charge is 2.36. The van der Waals surface area contributed by atoms with Gasteiger partial charge in [-0.05, 0) is 43.0 Å². The number of alkyl carbamates (subject to hydrolysis) is 1. The molecule has 3 aliphatic rings. The van der Waals surface area contributed by atoms with Crippen LogP contribution in [0.2, 0.25) is 0 Å². The van der Waals surface area contributed by atoms with Crippen LogP contribution < -0.4 is 5.32 Å². The summed E-state index contributed by atoms with van der Waals surface area (Å²) < 4.78 is 5.81. The molecule has 130 valence electrons. The fraction of sp³-hybridized carbons (Fsp3) is 0.381. The second-order valence-electron chi connectivity index (χ2n) is 6.98. The van der Waals surface area contributed by atoms with Crippen molar-refractivity contribution >= 4 is 6.09 Å². The number of benzene rings is 2. The van der Waals surface area contributed by atoms with Crippen LogP contribution >= 0.6 is 0 Å². The van der Waals surface area contributed by atoms with Gasteiger partial charge in [0.05, 0.1) is 6.04 Å². The fourth-order valence-corrected chi connectivity index (χ4v) is 3.98.